The summed E-state index contributed by atoms with van der Waals surface area (Å²) in [6, 6.07) is 4.11. The summed E-state index contributed by atoms with van der Waals surface area (Å²) in [6.07, 6.45) is 0. The van der Waals surface area contributed by atoms with Gasteiger partial charge in [0.1, 0.15) is 0 Å². The molecule has 0 radical (unpaired) electrons. The standard InChI is InChI=1S/C16H25N5O3/c1-12-10-14(21(23)24)4-5-15(12)18-16(22)17-13(2)11-20-8-6-19(3)7-9-20/h4-5,10,13H,6-9,11H2,1-3H3,(H2,17,18,22)/t13-/m0/s1. The summed E-state index contributed by atoms with van der Waals surface area (Å²) in [5.41, 5.74) is 1.25. The highest BCUT2D eigenvalue weighted by molar-refractivity contribution is 5.90. The molecule has 132 valence electrons. The van der Waals surface area contributed by atoms with Gasteiger partial charge in [0.15, 0.2) is 0 Å². The highest BCUT2D eigenvalue weighted by Gasteiger charge is 2.17. The van der Waals surface area contributed by atoms with Crippen LogP contribution in [0.5, 0.6) is 0 Å². The van der Waals surface area contributed by atoms with Crippen LogP contribution in [0.4, 0.5) is 16.2 Å². The number of likely N-dealkylation sites (N-methyl/N-ethyl adjacent to an activating group) is 1. The van der Waals surface area contributed by atoms with Crippen molar-refractivity contribution in [3.8, 4) is 0 Å². The van der Waals surface area contributed by atoms with E-state index in [9.17, 15) is 14.9 Å². The first-order chi connectivity index (χ1) is 11.3. The molecular weight excluding hydrogens is 310 g/mol. The van der Waals surface area contributed by atoms with Gasteiger partial charge in [-0.05, 0) is 32.5 Å². The zero-order chi connectivity index (χ0) is 17.7. The number of urea groups is 1. The predicted molar refractivity (Wildman–Crippen MR) is 93.4 cm³/mol. The molecule has 1 atom stereocenters. The van der Waals surface area contributed by atoms with Gasteiger partial charge in [0.2, 0.25) is 0 Å². The number of amides is 2. The van der Waals surface area contributed by atoms with Crippen LogP contribution >= 0.6 is 0 Å². The SMILES string of the molecule is Cc1cc([N+](=O)[O-])ccc1NC(=O)N[C@@H](C)CN1CCN(C)CC1. The van der Waals surface area contributed by atoms with Crippen molar-refractivity contribution >= 4 is 17.4 Å². The van der Waals surface area contributed by atoms with E-state index in [1.54, 1.807) is 13.0 Å². The van der Waals surface area contributed by atoms with Gasteiger partial charge >= 0.3 is 6.03 Å². The van der Waals surface area contributed by atoms with E-state index in [0.717, 1.165) is 32.7 Å². The lowest BCUT2D eigenvalue weighted by Gasteiger charge is -2.34. The lowest BCUT2D eigenvalue weighted by molar-refractivity contribution is -0.384. The third-order valence-corrected chi connectivity index (χ3v) is 4.17. The topological polar surface area (TPSA) is 90.8 Å². The van der Waals surface area contributed by atoms with E-state index in [0.29, 0.717) is 11.3 Å². The van der Waals surface area contributed by atoms with Crippen molar-refractivity contribution in [1.29, 1.82) is 0 Å². The van der Waals surface area contributed by atoms with Crippen LogP contribution in [0.2, 0.25) is 0 Å². The Morgan fingerprint density at radius 2 is 2.00 bits per heavy atom. The van der Waals surface area contributed by atoms with E-state index < -0.39 is 4.92 Å². The average Bonchev–Trinajstić information content (AvgIpc) is 2.51. The second kappa shape index (κ2) is 8.07. The van der Waals surface area contributed by atoms with Crippen molar-refractivity contribution in [2.75, 3.05) is 45.1 Å². The fourth-order valence-electron chi connectivity index (χ4n) is 2.75. The summed E-state index contributed by atoms with van der Waals surface area (Å²) < 4.78 is 0. The van der Waals surface area contributed by atoms with Crippen LogP contribution < -0.4 is 10.6 Å². The van der Waals surface area contributed by atoms with Crippen molar-refractivity contribution in [3.05, 3.63) is 33.9 Å². The van der Waals surface area contributed by atoms with Crippen LogP contribution in [0.3, 0.4) is 0 Å². The van der Waals surface area contributed by atoms with Gasteiger partial charge in [-0.3, -0.25) is 15.0 Å². The zero-order valence-electron chi connectivity index (χ0n) is 14.4. The molecule has 1 aliphatic heterocycles. The van der Waals surface area contributed by atoms with Crippen molar-refractivity contribution in [3.63, 3.8) is 0 Å². The minimum atomic E-state index is -0.449. The highest BCUT2D eigenvalue weighted by atomic mass is 16.6. The van der Waals surface area contributed by atoms with Gasteiger partial charge in [-0.1, -0.05) is 0 Å². The number of carbonyl (C=O) groups excluding carboxylic acids is 1. The predicted octanol–water partition coefficient (Wildman–Crippen LogP) is 1.66. The molecule has 2 amide bonds. The number of benzene rings is 1. The molecule has 8 heteroatoms. The number of rotatable bonds is 5. The first-order valence-corrected chi connectivity index (χ1v) is 8.08. The van der Waals surface area contributed by atoms with Crippen molar-refractivity contribution in [2.24, 2.45) is 0 Å². The number of hydrogen-bond donors (Lipinski definition) is 2. The Hall–Kier alpha value is -2.19. The Balaban J connectivity index is 1.83. The zero-order valence-corrected chi connectivity index (χ0v) is 14.4. The molecule has 2 N–H and O–H groups in total. The average molecular weight is 335 g/mol. The molecule has 0 aromatic heterocycles. The highest BCUT2D eigenvalue weighted by Crippen LogP contribution is 2.21. The summed E-state index contributed by atoms with van der Waals surface area (Å²) in [5.74, 6) is 0. The second-order valence-electron chi connectivity index (χ2n) is 6.36. The summed E-state index contributed by atoms with van der Waals surface area (Å²) in [7, 11) is 2.11. The molecule has 2 rings (SSSR count). The first-order valence-electron chi connectivity index (χ1n) is 8.08. The van der Waals surface area contributed by atoms with Gasteiger partial charge in [0.05, 0.1) is 4.92 Å². The summed E-state index contributed by atoms with van der Waals surface area (Å²) >= 11 is 0. The molecule has 0 saturated carbocycles. The number of anilines is 1. The van der Waals surface area contributed by atoms with Gasteiger partial charge in [0, 0.05) is 56.6 Å². The first kappa shape index (κ1) is 18.2. The molecule has 8 nitrogen and oxygen atoms in total. The Morgan fingerprint density at radius 3 is 2.58 bits per heavy atom. The number of nitrogens with zero attached hydrogens (tertiary/aromatic N) is 3. The Bertz CT molecular complexity index is 599. The monoisotopic (exact) mass is 335 g/mol. The maximum absolute atomic E-state index is 12.1. The smallest absolute Gasteiger partial charge is 0.319 e. The molecule has 1 heterocycles. The minimum absolute atomic E-state index is 0.0156. The Labute approximate surface area is 142 Å². The largest absolute Gasteiger partial charge is 0.334 e. The number of aryl methyl sites for hydroxylation is 1. The summed E-state index contributed by atoms with van der Waals surface area (Å²) in [5, 5.41) is 16.4. The van der Waals surface area contributed by atoms with Gasteiger partial charge in [-0.25, -0.2) is 4.79 Å². The molecule has 0 unspecified atom stereocenters. The van der Waals surface area contributed by atoms with Crippen LogP contribution in [0.15, 0.2) is 18.2 Å². The van der Waals surface area contributed by atoms with Crippen LogP contribution in [0.25, 0.3) is 0 Å². The molecule has 0 spiro atoms. The molecule has 1 aliphatic rings. The lowest BCUT2D eigenvalue weighted by Crippen LogP contribution is -2.50. The van der Waals surface area contributed by atoms with E-state index in [1.165, 1.54) is 12.1 Å². The van der Waals surface area contributed by atoms with E-state index in [4.69, 9.17) is 0 Å². The normalized spacial score (nSPS) is 17.3. The molecule has 1 saturated heterocycles. The van der Waals surface area contributed by atoms with Gasteiger partial charge < -0.3 is 15.5 Å². The van der Waals surface area contributed by atoms with Crippen molar-refractivity contribution in [2.45, 2.75) is 19.9 Å². The van der Waals surface area contributed by atoms with E-state index in [2.05, 4.69) is 27.5 Å². The second-order valence-corrected chi connectivity index (χ2v) is 6.36. The number of nitro benzene ring substituents is 1. The Morgan fingerprint density at radius 1 is 1.33 bits per heavy atom. The fraction of sp³-hybridized carbons (Fsp3) is 0.562. The van der Waals surface area contributed by atoms with E-state index in [1.807, 2.05) is 6.92 Å². The quantitative estimate of drug-likeness (QED) is 0.631. The number of carbonyl (C=O) groups is 1. The third-order valence-electron chi connectivity index (χ3n) is 4.17. The van der Waals surface area contributed by atoms with Crippen molar-refractivity contribution < 1.29 is 9.72 Å². The van der Waals surface area contributed by atoms with Gasteiger partial charge in [0.25, 0.3) is 5.69 Å². The molecule has 0 aliphatic carbocycles. The molecule has 24 heavy (non-hydrogen) atoms. The maximum atomic E-state index is 12.1. The number of nitro groups is 1. The lowest BCUT2D eigenvalue weighted by atomic mass is 10.2. The summed E-state index contributed by atoms with van der Waals surface area (Å²) in [4.78, 5) is 27.0. The molecule has 1 aromatic carbocycles. The van der Waals surface area contributed by atoms with Crippen LogP contribution in [-0.2, 0) is 0 Å². The number of non-ortho nitro benzene ring substituents is 1. The van der Waals surface area contributed by atoms with Gasteiger partial charge in [-0.15, -0.1) is 0 Å². The molecule has 1 aromatic rings. The molecule has 1 fully saturated rings. The van der Waals surface area contributed by atoms with Crippen LogP contribution in [-0.4, -0.2) is 66.6 Å². The summed E-state index contributed by atoms with van der Waals surface area (Å²) in [6.45, 7) is 8.61. The number of piperazine rings is 1. The van der Waals surface area contributed by atoms with Crippen LogP contribution in [0.1, 0.15) is 12.5 Å². The number of hydrogen-bond acceptors (Lipinski definition) is 5. The third kappa shape index (κ3) is 5.17. The van der Waals surface area contributed by atoms with E-state index >= 15 is 0 Å². The maximum Gasteiger partial charge on any atom is 0.319 e. The molecule has 0 bridgehead atoms. The number of nitrogens with one attached hydrogen (secondary N) is 2. The van der Waals surface area contributed by atoms with Gasteiger partial charge in [-0.2, -0.15) is 0 Å². The van der Waals surface area contributed by atoms with Crippen LogP contribution in [0, 0.1) is 17.0 Å². The Kier molecular flexibility index (Phi) is 6.10. The van der Waals surface area contributed by atoms with E-state index in [-0.39, 0.29) is 17.8 Å². The van der Waals surface area contributed by atoms with Crippen molar-refractivity contribution in [1.82, 2.24) is 15.1 Å². The fourth-order valence-corrected chi connectivity index (χ4v) is 2.75. The molecular formula is C16H25N5O3. The minimum Gasteiger partial charge on any atom is -0.334 e.